The zero-order valence-electron chi connectivity index (χ0n) is 25.5. The van der Waals surface area contributed by atoms with Crippen LogP contribution < -0.4 is 25.6 Å². The Morgan fingerprint density at radius 3 is 2.36 bits per heavy atom. The molecule has 2 aliphatic heterocycles. The Morgan fingerprint density at radius 2 is 1.64 bits per heavy atom. The number of methoxy groups -OCH3 is 1. The molecular formula is C30H38BrN10O2P. The molecule has 12 nitrogen and oxygen atoms in total. The number of benzene rings is 1. The molecule has 1 aromatic carbocycles. The Labute approximate surface area is 266 Å². The molecule has 0 spiro atoms. The number of anilines is 5. The molecule has 0 bridgehead atoms. The van der Waals surface area contributed by atoms with Gasteiger partial charge in [-0.25, -0.2) is 4.98 Å². The Hall–Kier alpha value is -3.38. The van der Waals surface area contributed by atoms with Crippen molar-refractivity contribution in [3.8, 4) is 5.88 Å². The van der Waals surface area contributed by atoms with E-state index >= 15 is 0 Å². The van der Waals surface area contributed by atoms with Crippen LogP contribution >= 0.6 is 23.1 Å². The zero-order valence-corrected chi connectivity index (χ0v) is 28.0. The van der Waals surface area contributed by atoms with Crippen molar-refractivity contribution in [3.63, 3.8) is 0 Å². The van der Waals surface area contributed by atoms with Crippen LogP contribution in [0, 0.1) is 0 Å². The van der Waals surface area contributed by atoms with Gasteiger partial charge in [0.15, 0.2) is 0 Å². The first kappa shape index (κ1) is 30.6. The van der Waals surface area contributed by atoms with Crippen molar-refractivity contribution in [3.05, 3.63) is 47.3 Å². The Balaban J connectivity index is 1.18. The molecule has 44 heavy (non-hydrogen) atoms. The number of piperidine rings is 1. The quantitative estimate of drug-likeness (QED) is 0.254. The van der Waals surface area contributed by atoms with Gasteiger partial charge in [0.25, 0.3) is 0 Å². The van der Waals surface area contributed by atoms with Crippen LogP contribution in [0.1, 0.15) is 12.8 Å². The van der Waals surface area contributed by atoms with Crippen molar-refractivity contribution in [2.45, 2.75) is 18.9 Å². The van der Waals surface area contributed by atoms with Gasteiger partial charge >= 0.3 is 0 Å². The fourth-order valence-corrected chi connectivity index (χ4v) is 7.62. The van der Waals surface area contributed by atoms with Crippen molar-refractivity contribution in [1.82, 2.24) is 34.7 Å². The van der Waals surface area contributed by atoms with Gasteiger partial charge < -0.3 is 29.7 Å². The van der Waals surface area contributed by atoms with E-state index in [0.29, 0.717) is 55.9 Å². The van der Waals surface area contributed by atoms with Crippen molar-refractivity contribution >= 4 is 68.4 Å². The van der Waals surface area contributed by atoms with Gasteiger partial charge in [-0.15, -0.1) is 0 Å². The van der Waals surface area contributed by atoms with Crippen LogP contribution in [0.3, 0.4) is 0 Å². The lowest BCUT2D eigenvalue weighted by Gasteiger charge is -2.42. The first-order valence-corrected chi connectivity index (χ1v) is 18.2. The zero-order chi connectivity index (χ0) is 30.8. The average Bonchev–Trinajstić information content (AvgIpc) is 3.02. The van der Waals surface area contributed by atoms with Crippen LogP contribution in [0.5, 0.6) is 5.88 Å². The third-order valence-corrected chi connectivity index (χ3v) is 10.4. The lowest BCUT2D eigenvalue weighted by atomic mass is 10.0. The standard InChI is InChI=1S/C30H38BrN10O2P/c1-39-15-17-40(18-16-39)20-9-13-41(14-10-20)25-8-7-24(29(37-25)43-2)36-30-34-19-21(31)28(38-30)35-23-6-5-22-26(33-12-11-32-22)27(23)44(3,4)42/h5-8,11-12,19-20H,9-10,13-18H2,1-4H3,(H2,34,35,36,38). The van der Waals surface area contributed by atoms with Crippen LogP contribution in [0.15, 0.2) is 47.3 Å². The second-order valence-electron chi connectivity index (χ2n) is 11.7. The minimum atomic E-state index is -2.73. The summed E-state index contributed by atoms with van der Waals surface area (Å²) in [6.07, 6.45) is 7.16. The molecule has 0 aliphatic carbocycles. The first-order chi connectivity index (χ1) is 21.2. The molecular weight excluding hydrogens is 643 g/mol. The fraction of sp³-hybridized carbons (Fsp3) is 0.433. The first-order valence-electron chi connectivity index (χ1n) is 14.8. The average molecular weight is 682 g/mol. The van der Waals surface area contributed by atoms with Gasteiger partial charge in [0, 0.05) is 63.9 Å². The number of nitrogens with one attached hydrogen (secondary N) is 2. The topological polar surface area (TPSA) is 125 Å². The van der Waals surface area contributed by atoms with Crippen LogP contribution in [0.2, 0.25) is 0 Å². The number of piperazine rings is 1. The van der Waals surface area contributed by atoms with Gasteiger partial charge in [0.05, 0.1) is 28.1 Å². The summed E-state index contributed by atoms with van der Waals surface area (Å²) in [5.74, 6) is 2.24. The molecule has 14 heteroatoms. The van der Waals surface area contributed by atoms with Gasteiger partial charge in [-0.1, -0.05) is 0 Å². The summed E-state index contributed by atoms with van der Waals surface area (Å²) in [7, 11) is 1.08. The summed E-state index contributed by atoms with van der Waals surface area (Å²) in [6, 6.07) is 8.32. The van der Waals surface area contributed by atoms with E-state index in [0.717, 1.165) is 57.9 Å². The molecule has 2 N–H and O–H groups in total. The maximum absolute atomic E-state index is 13.4. The highest BCUT2D eigenvalue weighted by atomic mass is 79.9. The van der Waals surface area contributed by atoms with Gasteiger partial charge in [-0.3, -0.25) is 14.9 Å². The number of halogens is 1. The molecule has 0 atom stereocenters. The predicted octanol–water partition coefficient (Wildman–Crippen LogP) is 4.54. The summed E-state index contributed by atoms with van der Waals surface area (Å²) in [4.78, 5) is 30.2. The van der Waals surface area contributed by atoms with Crippen molar-refractivity contribution in [1.29, 1.82) is 0 Å². The molecule has 2 saturated heterocycles. The van der Waals surface area contributed by atoms with E-state index in [2.05, 4.69) is 63.3 Å². The number of rotatable bonds is 8. The van der Waals surface area contributed by atoms with Gasteiger partial charge in [0.1, 0.15) is 30.0 Å². The molecule has 232 valence electrons. The Morgan fingerprint density at radius 1 is 0.909 bits per heavy atom. The van der Waals surface area contributed by atoms with Gasteiger partial charge in [-0.05, 0) is 73.4 Å². The third-order valence-electron chi connectivity index (χ3n) is 8.28. The van der Waals surface area contributed by atoms with Crippen LogP contribution in [-0.4, -0.2) is 108 Å². The normalized spacial score (nSPS) is 17.2. The second-order valence-corrected chi connectivity index (χ2v) is 15.7. The number of likely N-dealkylation sites (N-methyl/N-ethyl adjacent to an activating group) is 1. The molecule has 0 saturated carbocycles. The Bertz CT molecular complexity index is 1690. The second kappa shape index (κ2) is 12.9. The van der Waals surface area contributed by atoms with Crippen molar-refractivity contribution in [2.75, 3.05) is 82.3 Å². The van der Waals surface area contributed by atoms with E-state index in [4.69, 9.17) is 14.7 Å². The highest BCUT2D eigenvalue weighted by Gasteiger charge is 2.28. The minimum absolute atomic E-state index is 0.356. The van der Waals surface area contributed by atoms with E-state index in [1.165, 1.54) is 0 Å². The molecule has 5 heterocycles. The van der Waals surface area contributed by atoms with E-state index in [-0.39, 0.29) is 0 Å². The molecule has 2 fully saturated rings. The maximum Gasteiger partial charge on any atom is 0.239 e. The number of nitrogens with zero attached hydrogens (tertiary/aromatic N) is 8. The lowest BCUT2D eigenvalue weighted by molar-refractivity contribution is 0.0981. The summed E-state index contributed by atoms with van der Waals surface area (Å²) in [5.41, 5.74) is 2.60. The number of fused-ring (bicyclic) bond motifs is 1. The van der Waals surface area contributed by atoms with Crippen LogP contribution in [-0.2, 0) is 4.57 Å². The van der Waals surface area contributed by atoms with Crippen LogP contribution in [0.25, 0.3) is 11.0 Å². The third kappa shape index (κ3) is 6.66. The van der Waals surface area contributed by atoms with Gasteiger partial charge in [0.2, 0.25) is 11.8 Å². The van der Waals surface area contributed by atoms with Crippen LogP contribution in [0.4, 0.5) is 29.0 Å². The lowest BCUT2D eigenvalue weighted by Crippen LogP contribution is -2.52. The number of pyridine rings is 1. The molecule has 0 radical (unpaired) electrons. The number of hydrogen-bond donors (Lipinski definition) is 2. The van der Waals surface area contributed by atoms with E-state index in [9.17, 15) is 4.57 Å². The molecule has 4 aromatic rings. The summed E-state index contributed by atoms with van der Waals surface area (Å²) < 4.78 is 19.7. The predicted molar refractivity (Wildman–Crippen MR) is 180 cm³/mol. The van der Waals surface area contributed by atoms with E-state index in [1.54, 1.807) is 39.0 Å². The van der Waals surface area contributed by atoms with E-state index in [1.807, 2.05) is 24.3 Å². The fourth-order valence-electron chi connectivity index (χ4n) is 5.94. The summed E-state index contributed by atoms with van der Waals surface area (Å²) in [6.45, 7) is 9.98. The van der Waals surface area contributed by atoms with E-state index < -0.39 is 7.14 Å². The molecule has 0 amide bonds. The summed E-state index contributed by atoms with van der Waals surface area (Å²) in [5, 5.41) is 7.22. The number of hydrogen-bond acceptors (Lipinski definition) is 12. The summed E-state index contributed by atoms with van der Waals surface area (Å²) >= 11 is 3.55. The maximum atomic E-state index is 13.4. The minimum Gasteiger partial charge on any atom is -0.479 e. The molecule has 0 unspecified atom stereocenters. The van der Waals surface area contributed by atoms with Crippen molar-refractivity contribution in [2.24, 2.45) is 0 Å². The smallest absolute Gasteiger partial charge is 0.239 e. The van der Waals surface area contributed by atoms with Gasteiger partial charge in [-0.2, -0.15) is 9.97 Å². The molecule has 2 aliphatic rings. The molecule has 6 rings (SSSR count). The Kier molecular flexibility index (Phi) is 9.00. The monoisotopic (exact) mass is 680 g/mol. The van der Waals surface area contributed by atoms with Crippen molar-refractivity contribution < 1.29 is 9.30 Å². The molecule has 3 aromatic heterocycles. The number of ether oxygens (including phenoxy) is 1. The largest absolute Gasteiger partial charge is 0.479 e. The highest BCUT2D eigenvalue weighted by Crippen LogP contribution is 2.41. The SMILES string of the molecule is COc1nc(N2CCC(N3CCN(C)CC3)CC2)ccc1Nc1ncc(Br)c(Nc2ccc3nccnc3c2P(C)(C)=O)n1. The number of aromatic nitrogens is 5. The highest BCUT2D eigenvalue weighted by molar-refractivity contribution is 9.10.